The van der Waals surface area contributed by atoms with Crippen molar-refractivity contribution < 1.29 is 14.4 Å². The minimum atomic E-state index is -4.14. The van der Waals surface area contributed by atoms with Gasteiger partial charge in [0.2, 0.25) is 0 Å². The molecule has 0 bridgehead atoms. The van der Waals surface area contributed by atoms with Crippen molar-refractivity contribution in [2.24, 2.45) is 11.2 Å². The molecule has 0 aromatic heterocycles. The molecule has 0 rings (SSSR count). The number of hydrogen-bond acceptors (Lipinski definition) is 3. The summed E-state index contributed by atoms with van der Waals surface area (Å²) in [6.07, 6.45) is 0. The lowest BCUT2D eigenvalue weighted by Gasteiger charge is -1.92. The van der Waals surface area contributed by atoms with Gasteiger partial charge >= 0.3 is 7.75 Å². The highest BCUT2D eigenvalue weighted by Crippen LogP contribution is 2.20. The van der Waals surface area contributed by atoms with Crippen LogP contribution in [0.5, 0.6) is 0 Å². The molecular weight excluding hydrogens is 169 g/mol. The quantitative estimate of drug-likeness (QED) is 0.272. The molecule has 0 aromatic carbocycles. The molecule has 0 amide bonds. The highest BCUT2D eigenvalue weighted by molar-refractivity contribution is 7.49. The number of nitrogens with one attached hydrogen (secondary N) is 1. The third-order valence-corrected chi connectivity index (χ3v) is 0.571. The molecule has 0 aromatic rings. The van der Waals surface area contributed by atoms with Crippen LogP contribution in [0.15, 0.2) is 0 Å². The zero-order chi connectivity index (χ0) is 9.33. The van der Waals surface area contributed by atoms with Gasteiger partial charge in [0, 0.05) is 13.1 Å². The van der Waals surface area contributed by atoms with E-state index in [4.69, 9.17) is 20.1 Å². The van der Waals surface area contributed by atoms with Crippen molar-refractivity contribution in [3.8, 4) is 0 Å². The van der Waals surface area contributed by atoms with Crippen LogP contribution in [0.25, 0.3) is 0 Å². The van der Waals surface area contributed by atoms with E-state index in [-0.39, 0.29) is 0 Å². The summed E-state index contributed by atoms with van der Waals surface area (Å²) in [5.41, 5.74) is 9.17. The molecule has 0 aliphatic rings. The minimum Gasteiger partial charge on any atom is -0.329 e. The zero-order valence-corrected chi connectivity index (χ0v) is 7.42. The van der Waals surface area contributed by atoms with E-state index < -0.39 is 7.75 Å². The van der Waals surface area contributed by atoms with Crippen LogP contribution in [-0.2, 0) is 4.57 Å². The summed E-state index contributed by atoms with van der Waals surface area (Å²) in [5, 5.41) is 3.07. The van der Waals surface area contributed by atoms with E-state index in [1.54, 1.807) is 0 Å². The van der Waals surface area contributed by atoms with Crippen LogP contribution < -0.4 is 16.6 Å². The van der Waals surface area contributed by atoms with Crippen LogP contribution in [0, 0.1) is 0 Å². The first-order valence-electron chi connectivity index (χ1n) is 3.16. The van der Waals surface area contributed by atoms with Crippen LogP contribution >= 0.6 is 7.75 Å². The Hall–Kier alpha value is 0.0300. The zero-order valence-electron chi connectivity index (χ0n) is 6.53. The molecule has 7 heteroatoms. The second-order valence-electron chi connectivity index (χ2n) is 1.73. The molecule has 0 spiro atoms. The van der Waals surface area contributed by atoms with Crippen LogP contribution in [0.1, 0.15) is 6.92 Å². The van der Waals surface area contributed by atoms with E-state index in [2.05, 4.69) is 17.7 Å². The molecule has 0 aliphatic carbocycles. The average molecular weight is 185 g/mol. The van der Waals surface area contributed by atoms with Gasteiger partial charge in [0.05, 0.1) is 0 Å². The van der Waals surface area contributed by atoms with Gasteiger partial charge in [0.1, 0.15) is 0 Å². The van der Waals surface area contributed by atoms with Gasteiger partial charge in [0.15, 0.2) is 0 Å². The summed E-state index contributed by atoms with van der Waals surface area (Å²) in [5.74, 6) is 0. The maximum atomic E-state index is 9.10. The first-order chi connectivity index (χ1) is 4.91. The largest absolute Gasteiger partial charge is 0.397 e. The summed E-state index contributed by atoms with van der Waals surface area (Å²) in [7, 11) is -4.14. The van der Waals surface area contributed by atoms with E-state index in [1.165, 1.54) is 0 Å². The predicted octanol–water partition coefficient (Wildman–Crippen LogP) is -1.41. The van der Waals surface area contributed by atoms with Crippen molar-refractivity contribution in [2.45, 2.75) is 6.92 Å². The van der Waals surface area contributed by atoms with Crippen molar-refractivity contribution in [3.05, 3.63) is 0 Å². The van der Waals surface area contributed by atoms with Gasteiger partial charge in [-0.3, -0.25) is 0 Å². The molecule has 0 saturated heterocycles. The Morgan fingerprint density at radius 3 is 2.00 bits per heavy atom. The van der Waals surface area contributed by atoms with E-state index in [1.807, 2.05) is 0 Å². The Kier molecular flexibility index (Phi) is 10.1. The Balaban J connectivity index is 0. The van der Waals surface area contributed by atoms with Gasteiger partial charge in [-0.05, 0) is 6.54 Å². The number of hydrogen-bond donors (Lipinski definition) is 5. The summed E-state index contributed by atoms with van der Waals surface area (Å²) < 4.78 is 9.10. The Morgan fingerprint density at radius 2 is 1.91 bits per heavy atom. The highest BCUT2D eigenvalue weighted by Gasteiger charge is 1.96. The Labute approximate surface area is 66.2 Å². The number of rotatable bonds is 3. The predicted molar refractivity (Wildman–Crippen MR) is 43.8 cm³/mol. The molecule has 0 atom stereocenters. The molecule has 0 unspecified atom stereocenters. The van der Waals surface area contributed by atoms with Gasteiger partial charge in [-0.15, -0.1) is 0 Å². The molecule has 6 nitrogen and oxygen atoms in total. The fraction of sp³-hybridized carbons (Fsp3) is 1.00. The fourth-order valence-corrected chi connectivity index (χ4v) is 0.279. The van der Waals surface area contributed by atoms with E-state index in [9.17, 15) is 0 Å². The topological polar surface area (TPSA) is 122 Å². The normalized spacial score (nSPS) is 10.3. The van der Waals surface area contributed by atoms with E-state index in [0.717, 1.165) is 19.6 Å². The first-order valence-corrected chi connectivity index (χ1v) is 4.84. The van der Waals surface area contributed by atoms with Crippen molar-refractivity contribution in [1.82, 2.24) is 5.32 Å². The lowest BCUT2D eigenvalue weighted by Crippen LogP contribution is -2.21. The molecular formula is C4H16N3O3P. The van der Waals surface area contributed by atoms with Crippen LogP contribution in [0.2, 0.25) is 0 Å². The van der Waals surface area contributed by atoms with Crippen molar-refractivity contribution in [2.75, 3.05) is 19.6 Å². The maximum Gasteiger partial charge on any atom is 0.397 e. The summed E-state index contributed by atoms with van der Waals surface area (Å²) >= 11 is 0. The summed E-state index contributed by atoms with van der Waals surface area (Å²) in [6.45, 7) is 4.77. The van der Waals surface area contributed by atoms with Gasteiger partial charge in [-0.2, -0.15) is 0 Å². The summed E-state index contributed by atoms with van der Waals surface area (Å²) in [6, 6.07) is 0. The fourth-order valence-electron chi connectivity index (χ4n) is 0.279. The molecule has 0 radical (unpaired) electrons. The molecule has 7 N–H and O–H groups in total. The van der Waals surface area contributed by atoms with E-state index in [0.29, 0.717) is 0 Å². The van der Waals surface area contributed by atoms with Crippen LogP contribution in [0.4, 0.5) is 0 Å². The van der Waals surface area contributed by atoms with Crippen molar-refractivity contribution in [3.63, 3.8) is 0 Å². The number of likely N-dealkylation sites (N-methyl/N-ethyl adjacent to an activating group) is 1. The van der Waals surface area contributed by atoms with Gasteiger partial charge in [0.25, 0.3) is 0 Å². The third kappa shape index (κ3) is 70.4. The molecule has 0 fully saturated rings. The standard InChI is InChI=1S/C4H12N2.H4NO3P/c1-2-6-4-3-5;1-5(2,3)4/h6H,2-5H2,1H3;(H4,1,2,3,4). The first kappa shape index (κ1) is 13.6. The second kappa shape index (κ2) is 8.13. The van der Waals surface area contributed by atoms with E-state index >= 15 is 0 Å². The van der Waals surface area contributed by atoms with Gasteiger partial charge < -0.3 is 20.8 Å². The molecule has 0 aliphatic heterocycles. The lowest BCUT2D eigenvalue weighted by atomic mass is 10.6. The minimum absolute atomic E-state index is 0.744. The highest BCUT2D eigenvalue weighted by atomic mass is 31.2. The lowest BCUT2D eigenvalue weighted by molar-refractivity contribution is 0.374. The number of nitrogens with two attached hydrogens (primary N) is 2. The van der Waals surface area contributed by atoms with Crippen molar-refractivity contribution >= 4 is 7.75 Å². The van der Waals surface area contributed by atoms with Gasteiger partial charge in [-0.1, -0.05) is 6.92 Å². The molecule has 0 heterocycles. The van der Waals surface area contributed by atoms with Crippen LogP contribution in [-0.4, -0.2) is 29.4 Å². The average Bonchev–Trinajstić information content (AvgIpc) is 1.79. The molecule has 70 valence electrons. The monoisotopic (exact) mass is 185 g/mol. The second-order valence-corrected chi connectivity index (χ2v) is 2.91. The molecule has 11 heavy (non-hydrogen) atoms. The SMILES string of the molecule is CCNCCN.NP(=O)(O)O. The Morgan fingerprint density at radius 1 is 1.55 bits per heavy atom. The molecule has 0 saturated carbocycles. The van der Waals surface area contributed by atoms with Crippen molar-refractivity contribution in [1.29, 1.82) is 0 Å². The Bertz CT molecular complexity index is 103. The summed E-state index contributed by atoms with van der Waals surface area (Å²) in [4.78, 5) is 14.8. The van der Waals surface area contributed by atoms with Gasteiger partial charge in [-0.25, -0.2) is 10.1 Å². The van der Waals surface area contributed by atoms with Crippen LogP contribution in [0.3, 0.4) is 0 Å². The third-order valence-electron chi connectivity index (χ3n) is 0.571. The smallest absolute Gasteiger partial charge is 0.329 e. The maximum absolute atomic E-state index is 9.10.